The zero-order valence-electron chi connectivity index (χ0n) is 14.7. The van der Waals surface area contributed by atoms with Crippen LogP contribution in [-0.4, -0.2) is 32.4 Å². The minimum absolute atomic E-state index is 0.176. The SMILES string of the molecule is Cn1c(CCCC(=O)O)nc2cc(CC(CCCl)CCCCl)ccc21. The molecule has 4 nitrogen and oxygen atoms in total. The lowest BCUT2D eigenvalue weighted by molar-refractivity contribution is -0.137. The largest absolute Gasteiger partial charge is 0.481 e. The summed E-state index contributed by atoms with van der Waals surface area (Å²) in [6, 6.07) is 6.42. The third-order valence-corrected chi connectivity index (χ3v) is 5.10. The number of benzene rings is 1. The van der Waals surface area contributed by atoms with E-state index in [-0.39, 0.29) is 6.42 Å². The van der Waals surface area contributed by atoms with E-state index in [0.717, 1.165) is 42.5 Å². The van der Waals surface area contributed by atoms with Gasteiger partial charge < -0.3 is 9.67 Å². The maximum Gasteiger partial charge on any atom is 0.303 e. The van der Waals surface area contributed by atoms with E-state index in [1.807, 2.05) is 7.05 Å². The van der Waals surface area contributed by atoms with E-state index in [1.165, 1.54) is 5.56 Å². The van der Waals surface area contributed by atoms with Gasteiger partial charge in [-0.15, -0.1) is 23.2 Å². The number of halogens is 2. The molecule has 0 saturated heterocycles. The molecule has 0 aliphatic rings. The Morgan fingerprint density at radius 1 is 1.24 bits per heavy atom. The molecule has 0 saturated carbocycles. The van der Waals surface area contributed by atoms with Gasteiger partial charge in [-0.25, -0.2) is 4.98 Å². The summed E-state index contributed by atoms with van der Waals surface area (Å²) in [6.45, 7) is 0. The number of rotatable bonds is 11. The molecule has 1 aromatic carbocycles. The number of carboxylic acid groups (broad SMARTS) is 1. The first kappa shape index (κ1) is 20.1. The maximum absolute atomic E-state index is 10.7. The van der Waals surface area contributed by atoms with Crippen molar-refractivity contribution >= 4 is 40.2 Å². The molecule has 138 valence electrons. The molecular formula is C19H26Cl2N2O2. The van der Waals surface area contributed by atoms with E-state index < -0.39 is 5.97 Å². The Balaban J connectivity index is 2.11. The second kappa shape index (κ2) is 10.0. The molecule has 6 heteroatoms. The number of imidazole rings is 1. The van der Waals surface area contributed by atoms with Crippen LogP contribution in [0.5, 0.6) is 0 Å². The molecule has 0 aliphatic heterocycles. The van der Waals surface area contributed by atoms with Crippen LogP contribution in [0.3, 0.4) is 0 Å². The van der Waals surface area contributed by atoms with Crippen molar-refractivity contribution in [2.45, 2.75) is 44.9 Å². The summed E-state index contributed by atoms with van der Waals surface area (Å²) in [4.78, 5) is 15.4. The summed E-state index contributed by atoms with van der Waals surface area (Å²) >= 11 is 11.8. The molecule has 0 aliphatic carbocycles. The van der Waals surface area contributed by atoms with E-state index in [4.69, 9.17) is 33.3 Å². The molecule has 0 radical (unpaired) electrons. The van der Waals surface area contributed by atoms with Gasteiger partial charge in [-0.1, -0.05) is 6.07 Å². The predicted molar refractivity (Wildman–Crippen MR) is 104 cm³/mol. The van der Waals surface area contributed by atoms with Crippen LogP contribution in [0.25, 0.3) is 11.0 Å². The fraction of sp³-hybridized carbons (Fsp3) is 0.579. The monoisotopic (exact) mass is 384 g/mol. The van der Waals surface area contributed by atoms with Crippen LogP contribution in [0.2, 0.25) is 0 Å². The summed E-state index contributed by atoms with van der Waals surface area (Å²) in [7, 11) is 1.99. The van der Waals surface area contributed by atoms with Gasteiger partial charge in [-0.05, 0) is 55.7 Å². The highest BCUT2D eigenvalue weighted by Gasteiger charge is 2.12. The van der Waals surface area contributed by atoms with E-state index >= 15 is 0 Å². The molecule has 0 spiro atoms. The molecule has 1 aromatic heterocycles. The lowest BCUT2D eigenvalue weighted by atomic mass is 9.92. The third-order valence-electron chi connectivity index (χ3n) is 4.62. The molecule has 1 heterocycles. The van der Waals surface area contributed by atoms with E-state index in [2.05, 4.69) is 22.8 Å². The molecule has 1 atom stereocenters. The van der Waals surface area contributed by atoms with Crippen molar-refractivity contribution in [2.75, 3.05) is 11.8 Å². The van der Waals surface area contributed by atoms with E-state index in [0.29, 0.717) is 30.5 Å². The van der Waals surface area contributed by atoms with Crippen LogP contribution in [0.1, 0.15) is 43.5 Å². The Morgan fingerprint density at radius 3 is 2.72 bits per heavy atom. The lowest BCUT2D eigenvalue weighted by Gasteiger charge is -2.15. The van der Waals surface area contributed by atoms with Gasteiger partial charge in [0.1, 0.15) is 5.82 Å². The quantitative estimate of drug-likeness (QED) is 0.566. The van der Waals surface area contributed by atoms with E-state index in [1.54, 1.807) is 0 Å². The lowest BCUT2D eigenvalue weighted by Crippen LogP contribution is -2.06. The first-order chi connectivity index (χ1) is 12.0. The smallest absolute Gasteiger partial charge is 0.303 e. The summed E-state index contributed by atoms with van der Waals surface area (Å²) < 4.78 is 2.06. The molecule has 0 bridgehead atoms. The van der Waals surface area contributed by atoms with Gasteiger partial charge in [0.15, 0.2) is 0 Å². The second-order valence-electron chi connectivity index (χ2n) is 6.54. The standard InChI is InChI=1S/C19H26Cl2N2O2/c1-23-17-8-7-15(12-14(9-11-21)4-3-10-20)13-16(17)22-18(23)5-2-6-19(24)25/h7-8,13-14H,2-6,9-12H2,1H3,(H,24,25). The predicted octanol–water partition coefficient (Wildman–Crippen LogP) is 4.79. The molecule has 1 N–H and O–H groups in total. The average Bonchev–Trinajstić information content (AvgIpc) is 2.88. The Morgan fingerprint density at radius 2 is 2.04 bits per heavy atom. The topological polar surface area (TPSA) is 55.1 Å². The van der Waals surface area contributed by atoms with Crippen molar-refractivity contribution in [3.63, 3.8) is 0 Å². The maximum atomic E-state index is 10.7. The Hall–Kier alpha value is -1.26. The Labute approximate surface area is 159 Å². The van der Waals surface area contributed by atoms with E-state index in [9.17, 15) is 4.79 Å². The van der Waals surface area contributed by atoms with Crippen molar-refractivity contribution in [1.82, 2.24) is 9.55 Å². The number of alkyl halides is 2. The van der Waals surface area contributed by atoms with Crippen molar-refractivity contribution < 1.29 is 9.90 Å². The number of nitrogens with zero attached hydrogens (tertiary/aromatic N) is 2. The minimum atomic E-state index is -0.761. The van der Waals surface area contributed by atoms with Gasteiger partial charge in [0, 0.05) is 31.6 Å². The van der Waals surface area contributed by atoms with Crippen LogP contribution >= 0.6 is 23.2 Å². The van der Waals surface area contributed by atoms with Crippen LogP contribution < -0.4 is 0 Å². The molecule has 0 amide bonds. The number of aromatic nitrogens is 2. The van der Waals surface area contributed by atoms with Crippen molar-refractivity contribution in [3.8, 4) is 0 Å². The third kappa shape index (κ3) is 5.89. The zero-order valence-corrected chi connectivity index (χ0v) is 16.2. The number of fused-ring (bicyclic) bond motifs is 1. The first-order valence-electron chi connectivity index (χ1n) is 8.83. The fourth-order valence-electron chi connectivity index (χ4n) is 3.25. The van der Waals surface area contributed by atoms with Crippen molar-refractivity contribution in [3.05, 3.63) is 29.6 Å². The summed E-state index contributed by atoms with van der Waals surface area (Å²) in [5, 5.41) is 8.78. The van der Waals surface area contributed by atoms with Gasteiger partial charge in [0.25, 0.3) is 0 Å². The van der Waals surface area contributed by atoms with Crippen LogP contribution in [0.15, 0.2) is 18.2 Å². The van der Waals surface area contributed by atoms with Crippen LogP contribution in [-0.2, 0) is 24.7 Å². The van der Waals surface area contributed by atoms with Crippen molar-refractivity contribution in [1.29, 1.82) is 0 Å². The molecule has 1 unspecified atom stereocenters. The molecule has 2 aromatic rings. The van der Waals surface area contributed by atoms with Gasteiger partial charge in [0.2, 0.25) is 0 Å². The molecular weight excluding hydrogens is 359 g/mol. The molecule has 25 heavy (non-hydrogen) atoms. The Bertz CT molecular complexity index is 700. The first-order valence-corrected chi connectivity index (χ1v) is 9.90. The number of hydrogen-bond donors (Lipinski definition) is 1. The number of aliphatic carboxylic acids is 1. The van der Waals surface area contributed by atoms with Gasteiger partial charge in [-0.2, -0.15) is 0 Å². The summed E-state index contributed by atoms with van der Waals surface area (Å²) in [5.74, 6) is 2.09. The average molecular weight is 385 g/mol. The molecule has 2 rings (SSSR count). The minimum Gasteiger partial charge on any atom is -0.481 e. The highest BCUT2D eigenvalue weighted by Crippen LogP contribution is 2.23. The highest BCUT2D eigenvalue weighted by atomic mass is 35.5. The number of hydrogen-bond acceptors (Lipinski definition) is 2. The normalized spacial score (nSPS) is 12.6. The zero-order chi connectivity index (χ0) is 18.2. The molecule has 0 fully saturated rings. The van der Waals surface area contributed by atoms with Gasteiger partial charge in [0.05, 0.1) is 11.0 Å². The second-order valence-corrected chi connectivity index (χ2v) is 7.29. The number of aryl methyl sites for hydroxylation is 2. The summed E-state index contributed by atoms with van der Waals surface area (Å²) in [6.07, 6.45) is 5.56. The van der Waals surface area contributed by atoms with Gasteiger partial charge in [-0.3, -0.25) is 4.79 Å². The number of carbonyl (C=O) groups is 1. The van der Waals surface area contributed by atoms with Crippen LogP contribution in [0, 0.1) is 5.92 Å². The highest BCUT2D eigenvalue weighted by molar-refractivity contribution is 6.18. The van der Waals surface area contributed by atoms with Crippen molar-refractivity contribution in [2.24, 2.45) is 13.0 Å². The Kier molecular flexibility index (Phi) is 8.04. The number of carboxylic acids is 1. The van der Waals surface area contributed by atoms with Gasteiger partial charge >= 0.3 is 5.97 Å². The summed E-state index contributed by atoms with van der Waals surface area (Å²) in [5.41, 5.74) is 3.34. The van der Waals surface area contributed by atoms with Crippen LogP contribution in [0.4, 0.5) is 0 Å². The fourth-order valence-corrected chi connectivity index (χ4v) is 3.71.